The Bertz CT molecular complexity index is 1640. The fourth-order valence-corrected chi connectivity index (χ4v) is 4.93. The molecule has 7 nitrogen and oxygen atoms in total. The molecule has 4 aromatic rings. The molecule has 0 aliphatic heterocycles. The molecule has 0 bridgehead atoms. The first-order chi connectivity index (χ1) is 20.7. The molecular weight excluding hydrogens is 592 g/mol. The Kier molecular flexibility index (Phi) is 10.9. The van der Waals surface area contributed by atoms with Gasteiger partial charge in [-0.15, -0.1) is 0 Å². The molecule has 1 amide bonds. The van der Waals surface area contributed by atoms with Gasteiger partial charge in [-0.1, -0.05) is 48.1 Å². The molecule has 0 radical (unpaired) electrons. The van der Waals surface area contributed by atoms with Crippen LogP contribution in [-0.2, 0) is 0 Å². The van der Waals surface area contributed by atoms with E-state index in [1.165, 1.54) is 17.8 Å². The summed E-state index contributed by atoms with van der Waals surface area (Å²) in [6, 6.07) is 17.4. The monoisotopic (exact) mass is 621 g/mol. The van der Waals surface area contributed by atoms with Crippen LogP contribution in [0.25, 0.3) is 10.5 Å². The third-order valence-electron chi connectivity index (χ3n) is 6.16. The lowest BCUT2D eigenvalue weighted by Gasteiger charge is -2.14. The van der Waals surface area contributed by atoms with E-state index in [9.17, 15) is 13.6 Å². The van der Waals surface area contributed by atoms with Gasteiger partial charge in [-0.2, -0.15) is 0 Å². The third-order valence-corrected chi connectivity index (χ3v) is 7.37. The highest BCUT2D eigenvalue weighted by Crippen LogP contribution is 2.36. The van der Waals surface area contributed by atoms with Crippen molar-refractivity contribution in [3.63, 3.8) is 0 Å². The number of ether oxygens (including phenoxy) is 1. The summed E-state index contributed by atoms with van der Waals surface area (Å²) in [4.78, 5) is 24.5. The SMILES string of the molecule is C=CS/C(=C(\C)c1cccc(NC(=O)c2c(F)cccc2F)c1)c1ccnc(Nc2ccc(OCCN(C)C)c(Cl)c2)n1. The quantitative estimate of drug-likeness (QED) is 0.165. The maximum absolute atomic E-state index is 14.1. The van der Waals surface area contributed by atoms with E-state index in [-0.39, 0.29) is 0 Å². The second kappa shape index (κ2) is 14.8. The molecular formula is C32H30ClF2N5O2S. The molecule has 2 N–H and O–H groups in total. The normalized spacial score (nSPS) is 11.6. The van der Waals surface area contributed by atoms with Crippen LogP contribution in [0, 0.1) is 11.6 Å². The summed E-state index contributed by atoms with van der Waals surface area (Å²) >= 11 is 7.81. The molecule has 0 aliphatic carbocycles. The molecule has 222 valence electrons. The van der Waals surface area contributed by atoms with Crippen molar-refractivity contribution in [3.8, 4) is 5.75 Å². The Labute approximate surface area is 258 Å². The van der Waals surface area contributed by atoms with E-state index in [2.05, 4.69) is 22.2 Å². The van der Waals surface area contributed by atoms with E-state index in [1.807, 2.05) is 38.1 Å². The average molecular weight is 622 g/mol. The number of amides is 1. The van der Waals surface area contributed by atoms with Crippen LogP contribution >= 0.6 is 23.4 Å². The summed E-state index contributed by atoms with van der Waals surface area (Å²) in [7, 11) is 3.94. The molecule has 3 aromatic carbocycles. The predicted octanol–water partition coefficient (Wildman–Crippen LogP) is 8.11. The van der Waals surface area contributed by atoms with E-state index >= 15 is 0 Å². The van der Waals surface area contributed by atoms with Crippen molar-refractivity contribution in [1.29, 1.82) is 0 Å². The van der Waals surface area contributed by atoms with Crippen LogP contribution in [0.2, 0.25) is 5.02 Å². The Hall–Kier alpha value is -4.25. The van der Waals surface area contributed by atoms with E-state index in [0.29, 0.717) is 40.4 Å². The molecule has 1 heterocycles. The van der Waals surface area contributed by atoms with Crippen LogP contribution in [0.5, 0.6) is 5.75 Å². The van der Waals surface area contributed by atoms with Crippen LogP contribution in [0.4, 0.5) is 26.1 Å². The molecule has 11 heteroatoms. The number of carbonyl (C=O) groups excluding carboxylic acids is 1. The number of allylic oxidation sites excluding steroid dienone is 1. The second-order valence-electron chi connectivity index (χ2n) is 9.56. The molecule has 4 rings (SSSR count). The highest BCUT2D eigenvalue weighted by molar-refractivity contribution is 8.11. The van der Waals surface area contributed by atoms with Gasteiger partial charge < -0.3 is 20.3 Å². The topological polar surface area (TPSA) is 79.4 Å². The molecule has 0 atom stereocenters. The zero-order valence-corrected chi connectivity index (χ0v) is 25.4. The van der Waals surface area contributed by atoms with Crippen molar-refractivity contribution >= 4 is 57.1 Å². The smallest absolute Gasteiger partial charge is 0.261 e. The van der Waals surface area contributed by atoms with Crippen LogP contribution in [0.15, 0.2) is 84.9 Å². The second-order valence-corrected chi connectivity index (χ2v) is 10.9. The molecule has 0 saturated heterocycles. The van der Waals surface area contributed by atoms with Gasteiger partial charge in [0, 0.05) is 29.0 Å². The highest BCUT2D eigenvalue weighted by atomic mass is 35.5. The van der Waals surface area contributed by atoms with Gasteiger partial charge in [-0.25, -0.2) is 18.7 Å². The van der Waals surface area contributed by atoms with Crippen molar-refractivity contribution < 1.29 is 18.3 Å². The highest BCUT2D eigenvalue weighted by Gasteiger charge is 2.18. The van der Waals surface area contributed by atoms with E-state index in [4.69, 9.17) is 21.3 Å². The van der Waals surface area contributed by atoms with Gasteiger partial charge in [0.2, 0.25) is 5.95 Å². The summed E-state index contributed by atoms with van der Waals surface area (Å²) in [5.74, 6) is -1.81. The standard InChI is InChI=1S/C32H30ClF2N5O2S/c1-5-43-30(20(2)21-8-6-9-22(18-21)37-31(41)29-25(34)10-7-11-26(29)35)27-14-15-36-32(39-27)38-23-12-13-28(24(33)19-23)42-17-16-40(3)4/h5-15,18-19H,1,16-17H2,2-4H3,(H,37,41)(H,36,38,39)/b30-20+. The van der Waals surface area contributed by atoms with Gasteiger partial charge in [0.25, 0.3) is 5.91 Å². The van der Waals surface area contributed by atoms with Crippen LogP contribution in [0.1, 0.15) is 28.5 Å². The number of halogens is 3. The Balaban J connectivity index is 1.56. The zero-order chi connectivity index (χ0) is 30.9. The molecule has 0 saturated carbocycles. The molecule has 0 spiro atoms. The van der Waals surface area contributed by atoms with Gasteiger partial charge in [0.1, 0.15) is 29.6 Å². The lowest BCUT2D eigenvalue weighted by molar-refractivity contribution is 0.101. The number of likely N-dealkylation sites (N-methyl/N-ethyl adjacent to an activating group) is 1. The molecule has 0 unspecified atom stereocenters. The number of benzene rings is 3. The minimum Gasteiger partial charge on any atom is -0.491 e. The number of hydrogen-bond donors (Lipinski definition) is 2. The third kappa shape index (κ3) is 8.41. The molecule has 43 heavy (non-hydrogen) atoms. The number of rotatable bonds is 12. The van der Waals surface area contributed by atoms with Gasteiger partial charge in [-0.3, -0.25) is 4.79 Å². The molecule has 0 fully saturated rings. The largest absolute Gasteiger partial charge is 0.491 e. The Morgan fingerprint density at radius 2 is 1.81 bits per heavy atom. The van der Waals surface area contributed by atoms with Crippen molar-refractivity contribution in [1.82, 2.24) is 14.9 Å². The number of aromatic nitrogens is 2. The van der Waals surface area contributed by atoms with Crippen LogP contribution < -0.4 is 15.4 Å². The number of hydrogen-bond acceptors (Lipinski definition) is 7. The number of nitrogens with one attached hydrogen (secondary N) is 2. The van der Waals surface area contributed by atoms with Crippen molar-refractivity contribution in [3.05, 3.63) is 118 Å². The Morgan fingerprint density at radius 3 is 2.51 bits per heavy atom. The number of carbonyl (C=O) groups is 1. The maximum Gasteiger partial charge on any atom is 0.261 e. The number of anilines is 3. The summed E-state index contributed by atoms with van der Waals surface area (Å²) in [6.45, 7) is 7.05. The first-order valence-electron chi connectivity index (χ1n) is 13.2. The first kappa shape index (κ1) is 31.7. The Morgan fingerprint density at radius 1 is 1.07 bits per heavy atom. The average Bonchev–Trinajstić information content (AvgIpc) is 2.97. The fourth-order valence-electron chi connectivity index (χ4n) is 4.00. The number of nitrogens with zero attached hydrogens (tertiary/aromatic N) is 3. The van der Waals surface area contributed by atoms with Crippen molar-refractivity contribution in [2.75, 3.05) is 37.9 Å². The van der Waals surface area contributed by atoms with Gasteiger partial charge in [0.15, 0.2) is 0 Å². The minimum atomic E-state index is -0.936. The van der Waals surface area contributed by atoms with Crippen LogP contribution in [0.3, 0.4) is 0 Å². The van der Waals surface area contributed by atoms with Gasteiger partial charge in [-0.05, 0) is 86.1 Å². The van der Waals surface area contributed by atoms with Crippen molar-refractivity contribution in [2.45, 2.75) is 6.92 Å². The minimum absolute atomic E-state index is 0.359. The fraction of sp³-hybridized carbons (Fsp3) is 0.156. The number of thioether (sulfide) groups is 1. The molecule has 0 aliphatic rings. The van der Waals surface area contributed by atoms with Gasteiger partial charge >= 0.3 is 0 Å². The summed E-state index contributed by atoms with van der Waals surface area (Å²) < 4.78 is 34.0. The van der Waals surface area contributed by atoms with E-state index < -0.39 is 23.1 Å². The predicted molar refractivity (Wildman–Crippen MR) is 172 cm³/mol. The summed E-state index contributed by atoms with van der Waals surface area (Å²) in [5.41, 5.74) is 2.67. The van der Waals surface area contributed by atoms with Gasteiger partial charge in [0.05, 0.1) is 10.7 Å². The van der Waals surface area contributed by atoms with E-state index in [0.717, 1.165) is 34.7 Å². The maximum atomic E-state index is 14.1. The first-order valence-corrected chi connectivity index (χ1v) is 14.4. The van der Waals surface area contributed by atoms with Crippen LogP contribution in [-0.4, -0.2) is 48.0 Å². The van der Waals surface area contributed by atoms with E-state index in [1.54, 1.807) is 48.0 Å². The summed E-state index contributed by atoms with van der Waals surface area (Å²) in [6.07, 6.45) is 1.64. The molecule has 1 aromatic heterocycles. The van der Waals surface area contributed by atoms with Crippen molar-refractivity contribution in [2.24, 2.45) is 0 Å². The lowest BCUT2D eigenvalue weighted by atomic mass is 10.0. The summed E-state index contributed by atoms with van der Waals surface area (Å²) in [5, 5.41) is 7.91. The zero-order valence-electron chi connectivity index (χ0n) is 23.8. The lowest BCUT2D eigenvalue weighted by Crippen LogP contribution is -2.19.